The number of rotatable bonds is 6. The SMILES string of the molecule is CO[C@H]1CNCC[C@@H]1n1ccc2cnc(N[C@@H]3CCN(S(=O)(=O)C4CC4)C[C@H]3F)nc21. The number of methoxy groups -OCH3 is 1. The summed E-state index contributed by atoms with van der Waals surface area (Å²) in [6, 6.07) is 1.63. The molecular formula is C20H29FN6O3S. The summed E-state index contributed by atoms with van der Waals surface area (Å²) >= 11 is 0. The monoisotopic (exact) mass is 452 g/mol. The second kappa shape index (κ2) is 8.27. The van der Waals surface area contributed by atoms with E-state index in [4.69, 9.17) is 4.74 Å². The van der Waals surface area contributed by atoms with E-state index < -0.39 is 22.2 Å². The zero-order chi connectivity index (χ0) is 21.6. The number of halogens is 1. The fourth-order valence-corrected chi connectivity index (χ4v) is 6.53. The van der Waals surface area contributed by atoms with Crippen molar-refractivity contribution in [3.63, 3.8) is 0 Å². The largest absolute Gasteiger partial charge is 0.378 e. The van der Waals surface area contributed by atoms with E-state index in [1.54, 1.807) is 13.3 Å². The Balaban J connectivity index is 1.32. The summed E-state index contributed by atoms with van der Waals surface area (Å²) in [5.41, 5.74) is 0.788. The molecular weight excluding hydrogens is 423 g/mol. The first kappa shape index (κ1) is 21.0. The van der Waals surface area contributed by atoms with Gasteiger partial charge in [0.1, 0.15) is 11.8 Å². The molecule has 0 spiro atoms. The maximum Gasteiger partial charge on any atom is 0.224 e. The van der Waals surface area contributed by atoms with Crippen molar-refractivity contribution in [3.8, 4) is 0 Å². The van der Waals surface area contributed by atoms with Crippen LogP contribution in [0.2, 0.25) is 0 Å². The third-order valence-electron chi connectivity index (χ3n) is 6.63. The lowest BCUT2D eigenvalue weighted by Gasteiger charge is -2.34. The van der Waals surface area contributed by atoms with Gasteiger partial charge in [-0.15, -0.1) is 0 Å². The molecule has 0 aromatic carbocycles. The average Bonchev–Trinajstić information content (AvgIpc) is 3.56. The van der Waals surface area contributed by atoms with E-state index in [0.717, 1.165) is 30.5 Å². The first-order valence-corrected chi connectivity index (χ1v) is 12.4. The van der Waals surface area contributed by atoms with Crippen molar-refractivity contribution in [2.45, 2.75) is 55.3 Å². The van der Waals surface area contributed by atoms with E-state index in [9.17, 15) is 12.8 Å². The van der Waals surface area contributed by atoms with Crippen LogP contribution < -0.4 is 10.6 Å². The normalized spacial score (nSPS) is 30.5. The highest BCUT2D eigenvalue weighted by Gasteiger charge is 2.43. The highest BCUT2D eigenvalue weighted by Crippen LogP contribution is 2.33. The van der Waals surface area contributed by atoms with Crippen molar-refractivity contribution < 1.29 is 17.5 Å². The number of alkyl halides is 1. The maximum absolute atomic E-state index is 14.9. The number of sulfonamides is 1. The lowest BCUT2D eigenvalue weighted by atomic mass is 10.0. The summed E-state index contributed by atoms with van der Waals surface area (Å²) in [6.45, 7) is 1.90. The van der Waals surface area contributed by atoms with Gasteiger partial charge in [0, 0.05) is 44.5 Å². The molecule has 0 bridgehead atoms. The molecule has 0 radical (unpaired) electrons. The first-order valence-electron chi connectivity index (χ1n) is 10.9. The first-order chi connectivity index (χ1) is 15.0. The lowest BCUT2D eigenvalue weighted by molar-refractivity contribution is 0.0405. The molecule has 11 heteroatoms. The van der Waals surface area contributed by atoms with Crippen molar-refractivity contribution in [2.24, 2.45) is 0 Å². The predicted octanol–water partition coefficient (Wildman–Crippen LogP) is 1.30. The van der Waals surface area contributed by atoms with E-state index in [-0.39, 0.29) is 23.9 Å². The van der Waals surface area contributed by atoms with Crippen LogP contribution in [-0.4, -0.2) is 84.1 Å². The highest BCUT2D eigenvalue weighted by atomic mass is 32.2. The topological polar surface area (TPSA) is 101 Å². The molecule has 1 aliphatic carbocycles. The molecule has 1 saturated carbocycles. The Morgan fingerprint density at radius 1 is 1.29 bits per heavy atom. The Labute approximate surface area is 181 Å². The Morgan fingerprint density at radius 2 is 2.13 bits per heavy atom. The molecule has 9 nitrogen and oxygen atoms in total. The highest BCUT2D eigenvalue weighted by molar-refractivity contribution is 7.90. The number of hydrogen-bond donors (Lipinski definition) is 2. The molecule has 2 aliphatic heterocycles. The summed E-state index contributed by atoms with van der Waals surface area (Å²) < 4.78 is 48.8. The summed E-state index contributed by atoms with van der Waals surface area (Å²) in [5, 5.41) is 7.06. The zero-order valence-corrected chi connectivity index (χ0v) is 18.4. The smallest absolute Gasteiger partial charge is 0.224 e. The summed E-state index contributed by atoms with van der Waals surface area (Å²) in [5.74, 6) is 0.363. The second-order valence-electron chi connectivity index (χ2n) is 8.69. The van der Waals surface area contributed by atoms with E-state index in [1.807, 2.05) is 12.3 Å². The molecule has 3 aliphatic rings. The van der Waals surface area contributed by atoms with E-state index >= 15 is 0 Å². The van der Waals surface area contributed by atoms with Gasteiger partial charge in [0.05, 0.1) is 23.4 Å². The molecule has 2 aromatic rings. The van der Waals surface area contributed by atoms with E-state index in [1.165, 1.54) is 4.31 Å². The summed E-state index contributed by atoms with van der Waals surface area (Å²) in [4.78, 5) is 9.04. The van der Waals surface area contributed by atoms with Crippen molar-refractivity contribution in [1.29, 1.82) is 0 Å². The Bertz CT molecular complexity index is 1040. The molecule has 170 valence electrons. The van der Waals surface area contributed by atoms with Crippen LogP contribution in [0.5, 0.6) is 0 Å². The van der Waals surface area contributed by atoms with Crippen LogP contribution in [0, 0.1) is 0 Å². The number of aromatic nitrogens is 3. The van der Waals surface area contributed by atoms with Crippen molar-refractivity contribution in [2.75, 3.05) is 38.6 Å². The predicted molar refractivity (Wildman–Crippen MR) is 115 cm³/mol. The molecule has 2 N–H and O–H groups in total. The number of nitrogens with zero attached hydrogens (tertiary/aromatic N) is 4. The summed E-state index contributed by atoms with van der Waals surface area (Å²) in [7, 11) is -1.63. The van der Waals surface area contributed by atoms with Gasteiger partial charge in [0.2, 0.25) is 16.0 Å². The van der Waals surface area contributed by atoms with Crippen molar-refractivity contribution >= 4 is 27.0 Å². The van der Waals surface area contributed by atoms with Gasteiger partial charge in [0.15, 0.2) is 0 Å². The molecule has 2 aromatic heterocycles. The molecule has 2 saturated heterocycles. The van der Waals surface area contributed by atoms with Crippen LogP contribution in [-0.2, 0) is 14.8 Å². The molecule has 4 heterocycles. The second-order valence-corrected chi connectivity index (χ2v) is 10.9. The van der Waals surface area contributed by atoms with Gasteiger partial charge in [0.25, 0.3) is 0 Å². The van der Waals surface area contributed by atoms with Gasteiger partial charge in [-0.1, -0.05) is 0 Å². The molecule has 4 atom stereocenters. The van der Waals surface area contributed by atoms with Crippen molar-refractivity contribution in [1.82, 2.24) is 24.2 Å². The minimum absolute atomic E-state index is 0.0451. The van der Waals surface area contributed by atoms with Gasteiger partial charge in [-0.2, -0.15) is 9.29 Å². The number of hydrogen-bond acceptors (Lipinski definition) is 7. The number of nitrogens with one attached hydrogen (secondary N) is 2. The maximum atomic E-state index is 14.9. The standard InChI is InChI=1S/C20H29FN6O3S/c1-30-18-11-22-7-4-17(18)27-9-5-13-10-23-20(25-19(13)27)24-16-6-8-26(12-15(16)21)31(28,29)14-2-3-14/h5,9-10,14-18,22H,2-4,6-8,11-12H2,1H3,(H,23,24,25)/t15-,16-,17+,18+/m1/s1. The fourth-order valence-electron chi connectivity index (χ4n) is 4.66. The van der Waals surface area contributed by atoms with Crippen LogP contribution in [0.1, 0.15) is 31.7 Å². The van der Waals surface area contributed by atoms with Crippen LogP contribution in [0.25, 0.3) is 11.0 Å². The molecule has 0 amide bonds. The van der Waals surface area contributed by atoms with Gasteiger partial charge in [-0.3, -0.25) is 0 Å². The Hall–Kier alpha value is -1.82. The fraction of sp³-hybridized carbons (Fsp3) is 0.700. The Morgan fingerprint density at radius 3 is 2.87 bits per heavy atom. The molecule has 31 heavy (non-hydrogen) atoms. The number of anilines is 1. The number of ether oxygens (including phenoxy) is 1. The molecule has 5 rings (SSSR count). The third-order valence-corrected chi connectivity index (χ3v) is 9.00. The number of fused-ring (bicyclic) bond motifs is 1. The number of piperidine rings is 2. The zero-order valence-electron chi connectivity index (χ0n) is 17.6. The third kappa shape index (κ3) is 4.04. The van der Waals surface area contributed by atoms with Gasteiger partial charge in [-0.25, -0.2) is 17.8 Å². The average molecular weight is 453 g/mol. The van der Waals surface area contributed by atoms with Crippen LogP contribution in [0.3, 0.4) is 0 Å². The van der Waals surface area contributed by atoms with Gasteiger partial charge < -0.3 is 19.9 Å². The van der Waals surface area contributed by atoms with Gasteiger partial charge >= 0.3 is 0 Å². The minimum atomic E-state index is -3.35. The van der Waals surface area contributed by atoms with E-state index in [2.05, 4.69) is 25.2 Å². The molecule has 3 fully saturated rings. The summed E-state index contributed by atoms with van der Waals surface area (Å²) in [6.07, 6.45) is 5.16. The molecule has 0 unspecified atom stereocenters. The Kier molecular flexibility index (Phi) is 5.61. The van der Waals surface area contributed by atoms with Crippen LogP contribution >= 0.6 is 0 Å². The van der Waals surface area contributed by atoms with Gasteiger partial charge in [-0.05, 0) is 38.3 Å². The van der Waals surface area contributed by atoms with E-state index in [0.29, 0.717) is 31.8 Å². The lowest BCUT2D eigenvalue weighted by Crippen LogP contribution is -2.50. The minimum Gasteiger partial charge on any atom is -0.378 e. The van der Waals surface area contributed by atoms with Crippen LogP contribution in [0.15, 0.2) is 18.5 Å². The quantitative estimate of drug-likeness (QED) is 0.681. The van der Waals surface area contributed by atoms with Crippen LogP contribution in [0.4, 0.5) is 10.3 Å². The van der Waals surface area contributed by atoms with Crippen molar-refractivity contribution in [3.05, 3.63) is 18.5 Å².